The van der Waals surface area contributed by atoms with Gasteiger partial charge in [-0.2, -0.15) is 0 Å². The number of benzene rings is 1. The second-order valence-electron chi connectivity index (χ2n) is 5.51. The summed E-state index contributed by atoms with van der Waals surface area (Å²) in [5, 5.41) is 5.18. The van der Waals surface area contributed by atoms with E-state index in [1.54, 1.807) is 18.3 Å². The Morgan fingerprint density at radius 1 is 1.17 bits per heavy atom. The van der Waals surface area contributed by atoms with Crippen LogP contribution >= 0.6 is 0 Å². The number of aromatic nitrogens is 1. The quantitative estimate of drug-likeness (QED) is 0.911. The van der Waals surface area contributed by atoms with Crippen LogP contribution in [0.1, 0.15) is 18.4 Å². The number of amides is 2. The molecule has 0 atom stereocenters. The molecule has 2 N–H and O–H groups in total. The Bertz CT molecular complexity index is 669. The third-order valence-electron chi connectivity index (χ3n) is 3.81. The fourth-order valence-corrected chi connectivity index (χ4v) is 2.57. The number of halogens is 1. The Balaban J connectivity index is 1.51. The molecule has 1 aliphatic rings. The highest BCUT2D eigenvalue weighted by atomic mass is 19.1. The summed E-state index contributed by atoms with van der Waals surface area (Å²) in [7, 11) is 0. The second kappa shape index (κ2) is 7.09. The lowest BCUT2D eigenvalue weighted by Gasteiger charge is -2.16. The molecule has 0 spiro atoms. The van der Waals surface area contributed by atoms with Gasteiger partial charge in [-0.3, -0.25) is 0 Å². The van der Waals surface area contributed by atoms with E-state index in [0.717, 1.165) is 24.5 Å². The fourth-order valence-electron chi connectivity index (χ4n) is 2.57. The second-order valence-corrected chi connectivity index (χ2v) is 5.51. The van der Waals surface area contributed by atoms with Crippen LogP contribution in [-0.4, -0.2) is 24.1 Å². The number of urea groups is 1. The van der Waals surface area contributed by atoms with Gasteiger partial charge in [0.05, 0.1) is 5.69 Å². The van der Waals surface area contributed by atoms with E-state index in [9.17, 15) is 9.18 Å². The molecular weight excluding hydrogens is 295 g/mol. The van der Waals surface area contributed by atoms with Crippen LogP contribution in [0, 0.1) is 5.82 Å². The van der Waals surface area contributed by atoms with Crippen molar-refractivity contribution in [2.45, 2.75) is 19.4 Å². The van der Waals surface area contributed by atoms with Crippen molar-refractivity contribution in [3.63, 3.8) is 0 Å². The summed E-state index contributed by atoms with van der Waals surface area (Å²) < 4.78 is 13.4. The third kappa shape index (κ3) is 3.97. The lowest BCUT2D eigenvalue weighted by Crippen LogP contribution is -2.28. The molecule has 0 bridgehead atoms. The van der Waals surface area contributed by atoms with Crippen molar-refractivity contribution in [1.29, 1.82) is 0 Å². The number of anilines is 2. The number of carbonyl (C=O) groups is 1. The normalized spacial score (nSPS) is 13.9. The molecule has 2 heterocycles. The maximum atomic E-state index is 13.4. The molecule has 0 unspecified atom stereocenters. The van der Waals surface area contributed by atoms with Crippen LogP contribution in [0.5, 0.6) is 0 Å². The molecule has 1 aromatic heterocycles. The van der Waals surface area contributed by atoms with Gasteiger partial charge in [-0.1, -0.05) is 18.2 Å². The van der Waals surface area contributed by atoms with Gasteiger partial charge in [0.25, 0.3) is 0 Å². The van der Waals surface area contributed by atoms with E-state index in [2.05, 4.69) is 20.5 Å². The van der Waals surface area contributed by atoms with E-state index in [0.29, 0.717) is 6.54 Å². The molecule has 2 aromatic rings. The average molecular weight is 314 g/mol. The van der Waals surface area contributed by atoms with Crippen molar-refractivity contribution in [3.05, 3.63) is 54.0 Å². The van der Waals surface area contributed by atoms with Crippen LogP contribution in [0.25, 0.3) is 0 Å². The average Bonchev–Trinajstić information content (AvgIpc) is 3.10. The molecule has 0 saturated carbocycles. The van der Waals surface area contributed by atoms with E-state index in [1.165, 1.54) is 25.0 Å². The highest BCUT2D eigenvalue weighted by Gasteiger charge is 2.13. The van der Waals surface area contributed by atoms with Gasteiger partial charge in [-0.15, -0.1) is 0 Å². The van der Waals surface area contributed by atoms with Gasteiger partial charge < -0.3 is 15.5 Å². The van der Waals surface area contributed by atoms with Gasteiger partial charge in [-0.25, -0.2) is 14.2 Å². The summed E-state index contributed by atoms with van der Waals surface area (Å²) in [5.41, 5.74) is 1.06. The largest absolute Gasteiger partial charge is 0.357 e. The molecular formula is C17H19FN4O. The van der Waals surface area contributed by atoms with Crippen molar-refractivity contribution in [2.24, 2.45) is 0 Å². The van der Waals surface area contributed by atoms with Gasteiger partial charge in [0, 0.05) is 25.8 Å². The van der Waals surface area contributed by atoms with E-state index in [-0.39, 0.29) is 5.69 Å². The Morgan fingerprint density at radius 3 is 2.65 bits per heavy atom. The highest BCUT2D eigenvalue weighted by Crippen LogP contribution is 2.17. The maximum Gasteiger partial charge on any atom is 0.319 e. The summed E-state index contributed by atoms with van der Waals surface area (Å²) in [6.45, 7) is 2.44. The van der Waals surface area contributed by atoms with E-state index in [4.69, 9.17) is 0 Å². The lowest BCUT2D eigenvalue weighted by atomic mass is 10.2. The number of pyridine rings is 1. The molecule has 1 aliphatic heterocycles. The Hall–Kier alpha value is -2.63. The molecule has 23 heavy (non-hydrogen) atoms. The standard InChI is InChI=1S/C17H19FN4O/c18-14-5-1-2-6-15(14)21-17(23)20-12-13-7-8-16(19-11-13)22-9-3-4-10-22/h1-2,5-8,11H,3-4,9-10,12H2,(H2,20,21,23). The molecule has 6 heteroatoms. The summed E-state index contributed by atoms with van der Waals surface area (Å²) in [4.78, 5) is 18.5. The smallest absolute Gasteiger partial charge is 0.319 e. The fraction of sp³-hybridized carbons (Fsp3) is 0.294. The first-order valence-electron chi connectivity index (χ1n) is 7.71. The summed E-state index contributed by atoms with van der Waals surface area (Å²) >= 11 is 0. The van der Waals surface area contributed by atoms with Crippen LogP contribution in [0.2, 0.25) is 0 Å². The number of carbonyl (C=O) groups excluding carboxylic acids is 1. The minimum Gasteiger partial charge on any atom is -0.357 e. The maximum absolute atomic E-state index is 13.4. The molecule has 120 valence electrons. The topological polar surface area (TPSA) is 57.3 Å². The SMILES string of the molecule is O=C(NCc1ccc(N2CCCC2)nc1)Nc1ccccc1F. The number of para-hydroxylation sites is 1. The van der Waals surface area contributed by atoms with E-state index in [1.807, 2.05) is 12.1 Å². The van der Waals surface area contributed by atoms with Gasteiger partial charge in [0.15, 0.2) is 0 Å². The predicted molar refractivity (Wildman–Crippen MR) is 87.9 cm³/mol. The highest BCUT2D eigenvalue weighted by molar-refractivity contribution is 5.89. The zero-order valence-corrected chi connectivity index (χ0v) is 12.8. The molecule has 5 nitrogen and oxygen atoms in total. The first-order chi connectivity index (χ1) is 11.2. The zero-order chi connectivity index (χ0) is 16.1. The zero-order valence-electron chi connectivity index (χ0n) is 12.8. The Labute approximate surface area is 134 Å². The number of nitrogens with one attached hydrogen (secondary N) is 2. The molecule has 0 aliphatic carbocycles. The molecule has 1 fully saturated rings. The number of rotatable bonds is 4. The predicted octanol–water partition coefficient (Wildman–Crippen LogP) is 3.14. The number of hydrogen-bond donors (Lipinski definition) is 2. The van der Waals surface area contributed by atoms with Crippen molar-refractivity contribution < 1.29 is 9.18 Å². The number of nitrogens with zero attached hydrogens (tertiary/aromatic N) is 2. The van der Waals surface area contributed by atoms with Crippen LogP contribution in [0.4, 0.5) is 20.7 Å². The van der Waals surface area contributed by atoms with E-state index < -0.39 is 11.8 Å². The molecule has 1 aromatic carbocycles. The summed E-state index contributed by atoms with van der Waals surface area (Å²) in [6.07, 6.45) is 4.18. The molecule has 1 saturated heterocycles. The van der Waals surface area contributed by atoms with Crippen molar-refractivity contribution >= 4 is 17.5 Å². The Kier molecular flexibility index (Phi) is 4.71. The number of hydrogen-bond acceptors (Lipinski definition) is 3. The first kappa shape index (κ1) is 15.3. The van der Waals surface area contributed by atoms with Crippen molar-refractivity contribution in [3.8, 4) is 0 Å². The van der Waals surface area contributed by atoms with Gasteiger partial charge in [0.2, 0.25) is 0 Å². The molecule has 3 rings (SSSR count). The summed E-state index contributed by atoms with van der Waals surface area (Å²) in [6, 6.07) is 9.53. The molecule has 2 amide bonds. The van der Waals surface area contributed by atoms with Crippen LogP contribution in [-0.2, 0) is 6.54 Å². The minimum absolute atomic E-state index is 0.160. The van der Waals surface area contributed by atoms with Crippen molar-refractivity contribution in [2.75, 3.05) is 23.3 Å². The van der Waals surface area contributed by atoms with Gasteiger partial charge >= 0.3 is 6.03 Å². The van der Waals surface area contributed by atoms with Crippen molar-refractivity contribution in [1.82, 2.24) is 10.3 Å². The first-order valence-corrected chi connectivity index (χ1v) is 7.71. The lowest BCUT2D eigenvalue weighted by molar-refractivity contribution is 0.251. The minimum atomic E-state index is -0.459. The molecule has 0 radical (unpaired) electrons. The van der Waals surface area contributed by atoms with E-state index >= 15 is 0 Å². The Morgan fingerprint density at radius 2 is 1.96 bits per heavy atom. The monoisotopic (exact) mass is 314 g/mol. The third-order valence-corrected chi connectivity index (χ3v) is 3.81. The summed E-state index contributed by atoms with van der Waals surface area (Å²) in [5.74, 6) is 0.515. The van der Waals surface area contributed by atoms with Gasteiger partial charge in [0.1, 0.15) is 11.6 Å². The van der Waals surface area contributed by atoms with Crippen LogP contribution in [0.3, 0.4) is 0 Å². The van der Waals surface area contributed by atoms with Crippen LogP contribution < -0.4 is 15.5 Å². The van der Waals surface area contributed by atoms with Gasteiger partial charge in [-0.05, 0) is 36.6 Å². The van der Waals surface area contributed by atoms with Crippen LogP contribution in [0.15, 0.2) is 42.6 Å².